The number of anilines is 1. The minimum Gasteiger partial charge on any atom is -0.469 e. The summed E-state index contributed by atoms with van der Waals surface area (Å²) in [5, 5.41) is 10.8. The van der Waals surface area contributed by atoms with Gasteiger partial charge in [0.2, 0.25) is 17.7 Å². The molecule has 10 rings (SSSR count). The summed E-state index contributed by atoms with van der Waals surface area (Å²) in [6, 6.07) is 16.5. The van der Waals surface area contributed by atoms with Crippen molar-refractivity contribution in [1.29, 1.82) is 0 Å². The summed E-state index contributed by atoms with van der Waals surface area (Å²) in [5.41, 5.74) is 6.48. The molecule has 0 saturated heterocycles. The molecule has 4 N–H and O–H groups in total. The number of esters is 1. The summed E-state index contributed by atoms with van der Waals surface area (Å²) in [4.78, 5) is 53.3. The van der Waals surface area contributed by atoms with Gasteiger partial charge in [-0.25, -0.2) is 9.97 Å². The fourth-order valence-corrected chi connectivity index (χ4v) is 8.78. The van der Waals surface area contributed by atoms with Gasteiger partial charge >= 0.3 is 5.97 Å². The summed E-state index contributed by atoms with van der Waals surface area (Å²) in [6.07, 6.45) is 2.03. The maximum atomic E-state index is 14.3. The Balaban J connectivity index is 1.23. The van der Waals surface area contributed by atoms with E-state index in [1.165, 1.54) is 6.92 Å². The van der Waals surface area contributed by atoms with Crippen molar-refractivity contribution in [3.8, 4) is 39.8 Å². The second kappa shape index (κ2) is 11.8. The molecule has 3 aromatic heterocycles. The number of amides is 2. The second-order valence-corrected chi connectivity index (χ2v) is 15.5. The molecule has 0 fully saturated rings. The first-order valence-electron chi connectivity index (χ1n) is 18.6. The van der Waals surface area contributed by atoms with Crippen molar-refractivity contribution >= 4 is 34.4 Å². The summed E-state index contributed by atoms with van der Waals surface area (Å²) in [7, 11) is 0. The average Bonchev–Trinajstić information content (AvgIpc) is 3.98. The van der Waals surface area contributed by atoms with Crippen molar-refractivity contribution < 1.29 is 32.7 Å². The van der Waals surface area contributed by atoms with Crippen LogP contribution in [-0.2, 0) is 31.0 Å². The fraction of sp³-hybridized carbons (Fsp3) is 0.310. The lowest BCUT2D eigenvalue weighted by Gasteiger charge is -2.29. The first kappa shape index (κ1) is 33.2. The Hall–Kier alpha value is -6.37. The van der Waals surface area contributed by atoms with Gasteiger partial charge in [-0.2, -0.15) is 0 Å². The smallest absolute Gasteiger partial charge is 0.303 e. The SMILES string of the molecule is CC(=O)O[C@H](C(=O)N[C@H]1Cc2ccc3c(c2)[C@]24c5cccc(c5NC2O3)-c2cccc3[nH]cc(c23)-c2cnc(o2)-c2nc(oc24)[C@H](C(C)C)NC1=O)C(C)C. The zero-order chi connectivity index (χ0) is 37.9. The monoisotopic (exact) mass is 738 g/mol. The molecule has 7 heterocycles. The van der Waals surface area contributed by atoms with Crippen LogP contribution < -0.4 is 20.7 Å². The van der Waals surface area contributed by atoms with Gasteiger partial charge in [0.05, 0.1) is 6.20 Å². The van der Waals surface area contributed by atoms with Crippen molar-refractivity contribution in [3.63, 3.8) is 0 Å². The highest BCUT2D eigenvalue weighted by molar-refractivity contribution is 6.07. The Kier molecular flexibility index (Phi) is 7.13. The average molecular weight is 739 g/mol. The van der Waals surface area contributed by atoms with Gasteiger partial charge in [-0.1, -0.05) is 70.2 Å². The molecule has 0 aliphatic carbocycles. The van der Waals surface area contributed by atoms with Gasteiger partial charge in [0.1, 0.15) is 23.2 Å². The van der Waals surface area contributed by atoms with E-state index in [0.29, 0.717) is 23.0 Å². The zero-order valence-electron chi connectivity index (χ0n) is 30.8. The number of para-hydroxylation sites is 1. The maximum Gasteiger partial charge on any atom is 0.303 e. The zero-order valence-corrected chi connectivity index (χ0v) is 30.8. The summed E-state index contributed by atoms with van der Waals surface area (Å²) in [5.74, 6) is 0.0558. The number of oxazole rings is 2. The Morgan fingerprint density at radius 3 is 2.60 bits per heavy atom. The second-order valence-electron chi connectivity index (χ2n) is 15.5. The van der Waals surface area contributed by atoms with E-state index in [1.54, 1.807) is 20.0 Å². The minimum absolute atomic E-state index is 0.141. The van der Waals surface area contributed by atoms with E-state index in [1.807, 2.05) is 50.4 Å². The van der Waals surface area contributed by atoms with Gasteiger partial charge in [-0.3, -0.25) is 14.4 Å². The molecular weight excluding hydrogens is 700 g/mol. The quantitative estimate of drug-likeness (QED) is 0.145. The maximum absolute atomic E-state index is 14.3. The van der Waals surface area contributed by atoms with Crippen LogP contribution in [0.4, 0.5) is 5.69 Å². The van der Waals surface area contributed by atoms with E-state index in [0.717, 1.165) is 50.0 Å². The lowest BCUT2D eigenvalue weighted by molar-refractivity contribution is -0.157. The molecule has 55 heavy (non-hydrogen) atoms. The largest absolute Gasteiger partial charge is 0.469 e. The van der Waals surface area contributed by atoms with Gasteiger partial charge < -0.3 is 39.2 Å². The van der Waals surface area contributed by atoms with Gasteiger partial charge in [0.15, 0.2) is 29.5 Å². The molecule has 3 aromatic carbocycles. The molecule has 1 unspecified atom stereocenters. The van der Waals surface area contributed by atoms with Crippen LogP contribution in [0.25, 0.3) is 44.9 Å². The molecule has 13 nitrogen and oxygen atoms in total. The highest BCUT2D eigenvalue weighted by Crippen LogP contribution is 2.61. The van der Waals surface area contributed by atoms with Crippen molar-refractivity contribution in [2.24, 2.45) is 11.8 Å². The van der Waals surface area contributed by atoms with Crippen LogP contribution in [0.15, 0.2) is 75.8 Å². The first-order chi connectivity index (χ1) is 26.5. The molecule has 278 valence electrons. The van der Waals surface area contributed by atoms with Crippen LogP contribution in [0.2, 0.25) is 0 Å². The number of hydrogen-bond acceptors (Lipinski definition) is 10. The van der Waals surface area contributed by atoms with Gasteiger partial charge in [-0.15, -0.1) is 0 Å². The summed E-state index contributed by atoms with van der Waals surface area (Å²) >= 11 is 0. The lowest BCUT2D eigenvalue weighted by Crippen LogP contribution is -2.53. The number of rotatable bonds is 5. The highest BCUT2D eigenvalue weighted by Gasteiger charge is 2.61. The van der Waals surface area contributed by atoms with Crippen molar-refractivity contribution in [2.45, 2.75) is 70.9 Å². The van der Waals surface area contributed by atoms with Crippen LogP contribution in [-0.4, -0.2) is 51.1 Å². The minimum atomic E-state index is -1.09. The standard InChI is InChI=1S/C42H38N6O7/c1-18(2)32-40-47-34-36(55-40)42-25-10-6-9-23(22-8-7-11-27-31(22)24(16-43-27)30-17-44-39(34)53-30)33(25)48-41(42)54-29-13-12-21(14-26(29)42)15-28(37(50)46-32)45-38(51)35(19(3)4)52-20(5)49/h6-14,16-19,28,32,35,41,43,48H,15H2,1-5H3,(H,45,51)(H,46,50)/t28-,32-,35-,41?,42-/m0/s1. The first-order valence-corrected chi connectivity index (χ1v) is 18.6. The van der Waals surface area contributed by atoms with Crippen molar-refractivity contribution in [2.75, 3.05) is 5.32 Å². The number of aromatic nitrogens is 3. The predicted octanol–water partition coefficient (Wildman–Crippen LogP) is 6.38. The third-order valence-electron chi connectivity index (χ3n) is 11.3. The molecule has 5 atom stereocenters. The number of carbonyl (C=O) groups excluding carboxylic acids is 3. The third-order valence-corrected chi connectivity index (χ3v) is 11.3. The van der Waals surface area contributed by atoms with Gasteiger partial charge in [0.25, 0.3) is 5.91 Å². The van der Waals surface area contributed by atoms with E-state index in [9.17, 15) is 14.4 Å². The molecule has 0 radical (unpaired) electrons. The van der Waals surface area contributed by atoms with E-state index in [-0.39, 0.29) is 30.0 Å². The normalized spacial score (nSPS) is 21.9. The Labute approximate surface area is 315 Å². The fourth-order valence-electron chi connectivity index (χ4n) is 8.78. The van der Waals surface area contributed by atoms with Crippen molar-refractivity contribution in [3.05, 3.63) is 95.3 Å². The number of nitrogens with one attached hydrogen (secondary N) is 4. The van der Waals surface area contributed by atoms with Crippen LogP contribution in [0.1, 0.15) is 69.0 Å². The lowest BCUT2D eigenvalue weighted by atomic mass is 9.72. The van der Waals surface area contributed by atoms with E-state index in [2.05, 4.69) is 45.2 Å². The predicted molar refractivity (Wildman–Crippen MR) is 201 cm³/mol. The molecule has 0 saturated carbocycles. The van der Waals surface area contributed by atoms with Gasteiger partial charge in [0, 0.05) is 58.4 Å². The Bertz CT molecular complexity index is 2600. The van der Waals surface area contributed by atoms with Gasteiger partial charge in [-0.05, 0) is 35.1 Å². The molecule has 4 aliphatic rings. The molecular formula is C42H38N6O7. The molecule has 2 amide bonds. The number of nitrogens with zero attached hydrogens (tertiary/aromatic N) is 2. The number of ether oxygens (including phenoxy) is 2. The van der Waals surface area contributed by atoms with Crippen LogP contribution in [0.5, 0.6) is 5.75 Å². The molecule has 10 bridgehead atoms. The molecule has 6 aromatic rings. The summed E-state index contributed by atoms with van der Waals surface area (Å²) < 4.78 is 25.8. The number of aromatic amines is 1. The molecule has 4 aliphatic heterocycles. The van der Waals surface area contributed by atoms with E-state index >= 15 is 0 Å². The number of H-pyrrole nitrogens is 1. The number of carbonyl (C=O) groups is 3. The topological polar surface area (TPSA) is 174 Å². The number of hydrogen-bond donors (Lipinski definition) is 4. The molecule has 13 heteroatoms. The highest BCUT2D eigenvalue weighted by atomic mass is 16.5. The van der Waals surface area contributed by atoms with Crippen LogP contribution in [0, 0.1) is 11.8 Å². The number of benzene rings is 3. The van der Waals surface area contributed by atoms with E-state index in [4.69, 9.17) is 28.3 Å². The summed E-state index contributed by atoms with van der Waals surface area (Å²) in [6.45, 7) is 8.75. The number of fused-ring (bicyclic) bond motifs is 7. The molecule has 1 spiro atoms. The van der Waals surface area contributed by atoms with Crippen molar-refractivity contribution in [1.82, 2.24) is 25.6 Å². The Morgan fingerprint density at radius 1 is 0.982 bits per heavy atom. The van der Waals surface area contributed by atoms with Crippen LogP contribution in [0.3, 0.4) is 0 Å². The Morgan fingerprint density at radius 2 is 1.80 bits per heavy atom. The van der Waals surface area contributed by atoms with E-state index < -0.39 is 47.6 Å². The third kappa shape index (κ3) is 4.74. The van der Waals surface area contributed by atoms with Crippen LogP contribution >= 0.6 is 0 Å².